The van der Waals surface area contributed by atoms with Gasteiger partial charge in [-0.3, -0.25) is 0 Å². The van der Waals surface area contributed by atoms with Gasteiger partial charge in [0.2, 0.25) is 0 Å². The van der Waals surface area contributed by atoms with Crippen molar-refractivity contribution in [3.8, 4) is 17.6 Å². The normalized spacial score (nSPS) is 9.47. The van der Waals surface area contributed by atoms with E-state index in [-0.39, 0.29) is 13.2 Å². The number of aliphatic hydroxyl groups is 1. The Labute approximate surface area is 92.6 Å². The second-order valence-corrected chi connectivity index (χ2v) is 3.12. The molecule has 0 amide bonds. The summed E-state index contributed by atoms with van der Waals surface area (Å²) in [5.41, 5.74) is 0.626. The molecule has 0 saturated carbocycles. The highest BCUT2D eigenvalue weighted by Crippen LogP contribution is 2.36. The first-order valence-electron chi connectivity index (χ1n) is 4.20. The second-order valence-electron chi connectivity index (χ2n) is 2.71. The molecule has 0 heterocycles. The lowest BCUT2D eigenvalue weighted by Crippen LogP contribution is -1.98. The maximum absolute atomic E-state index is 8.94. The first kappa shape index (κ1) is 11.6. The molecule has 5 heteroatoms. The van der Waals surface area contributed by atoms with Gasteiger partial charge in [0.1, 0.15) is 6.07 Å². The Morgan fingerprint density at radius 2 is 2.27 bits per heavy atom. The number of ether oxygens (including phenoxy) is 2. The molecule has 1 rings (SSSR count). The van der Waals surface area contributed by atoms with Crippen LogP contribution in [0, 0.1) is 11.3 Å². The average Bonchev–Trinajstić information content (AvgIpc) is 2.26. The van der Waals surface area contributed by atoms with Crippen LogP contribution in [0.3, 0.4) is 0 Å². The molecule has 0 fully saturated rings. The van der Waals surface area contributed by atoms with E-state index in [9.17, 15) is 0 Å². The van der Waals surface area contributed by atoms with Crippen LogP contribution in [0.5, 0.6) is 11.5 Å². The number of nitriles is 1. The summed E-state index contributed by atoms with van der Waals surface area (Å²) in [4.78, 5) is 0. The Balaban J connectivity index is 3.08. The van der Waals surface area contributed by atoms with Crippen molar-refractivity contribution in [3.63, 3.8) is 0 Å². The van der Waals surface area contributed by atoms with Crippen molar-refractivity contribution >= 4 is 11.6 Å². The summed E-state index contributed by atoms with van der Waals surface area (Å²) < 4.78 is 10.1. The zero-order chi connectivity index (χ0) is 11.3. The zero-order valence-electron chi connectivity index (χ0n) is 8.16. The molecule has 0 atom stereocenters. The minimum absolute atomic E-state index is 0.103. The van der Waals surface area contributed by atoms with E-state index in [4.69, 9.17) is 31.4 Å². The Bertz CT molecular complexity index is 387. The van der Waals surface area contributed by atoms with E-state index >= 15 is 0 Å². The number of halogens is 1. The Kier molecular flexibility index (Phi) is 4.22. The second kappa shape index (κ2) is 5.44. The van der Waals surface area contributed by atoms with E-state index in [1.54, 1.807) is 12.1 Å². The van der Waals surface area contributed by atoms with Crippen LogP contribution >= 0.6 is 11.6 Å². The Morgan fingerprint density at radius 1 is 1.53 bits per heavy atom. The van der Waals surface area contributed by atoms with E-state index in [1.807, 2.05) is 6.07 Å². The first-order chi connectivity index (χ1) is 7.22. The number of aliphatic hydroxyl groups excluding tert-OH is 1. The molecule has 0 bridgehead atoms. The van der Waals surface area contributed by atoms with Crippen LogP contribution < -0.4 is 9.47 Å². The van der Waals surface area contributed by atoms with Gasteiger partial charge in [-0.2, -0.15) is 5.26 Å². The maximum Gasteiger partial charge on any atom is 0.181 e. The van der Waals surface area contributed by atoms with E-state index in [0.29, 0.717) is 22.1 Å². The molecular formula is C10H10ClNO3. The van der Waals surface area contributed by atoms with Gasteiger partial charge in [-0.05, 0) is 17.7 Å². The quantitative estimate of drug-likeness (QED) is 0.851. The lowest BCUT2D eigenvalue weighted by atomic mass is 10.2. The fourth-order valence-electron chi connectivity index (χ4n) is 1.11. The van der Waals surface area contributed by atoms with Crippen molar-refractivity contribution < 1.29 is 14.6 Å². The van der Waals surface area contributed by atoms with Gasteiger partial charge in [0, 0.05) is 0 Å². The molecule has 1 N–H and O–H groups in total. The van der Waals surface area contributed by atoms with Crippen molar-refractivity contribution in [2.45, 2.75) is 6.61 Å². The molecule has 15 heavy (non-hydrogen) atoms. The monoisotopic (exact) mass is 227 g/mol. The molecule has 4 nitrogen and oxygen atoms in total. The highest BCUT2D eigenvalue weighted by atomic mass is 35.5. The summed E-state index contributed by atoms with van der Waals surface area (Å²) in [6, 6.07) is 5.01. The van der Waals surface area contributed by atoms with Crippen LogP contribution in [0.1, 0.15) is 5.56 Å². The van der Waals surface area contributed by atoms with Crippen LogP contribution in [0.15, 0.2) is 12.1 Å². The summed E-state index contributed by atoms with van der Waals surface area (Å²) in [5.74, 6) is 0.722. The standard InChI is InChI=1S/C10H10ClNO3/c1-14-9-5-7(6-13)4-8(11)10(9)15-3-2-12/h4-5,13H,3,6H2,1H3. The van der Waals surface area contributed by atoms with E-state index in [1.165, 1.54) is 7.11 Å². The van der Waals surface area contributed by atoms with Gasteiger partial charge in [0.25, 0.3) is 0 Å². The summed E-state index contributed by atoms with van der Waals surface area (Å²) in [5, 5.41) is 17.6. The molecule has 0 radical (unpaired) electrons. The third-order valence-corrected chi connectivity index (χ3v) is 2.03. The van der Waals surface area contributed by atoms with Gasteiger partial charge in [0.15, 0.2) is 18.1 Å². The summed E-state index contributed by atoms with van der Waals surface area (Å²) in [6.07, 6.45) is 0. The Morgan fingerprint density at radius 3 is 2.80 bits per heavy atom. The molecule has 0 aromatic heterocycles. The minimum Gasteiger partial charge on any atom is -0.493 e. The van der Waals surface area contributed by atoms with Gasteiger partial charge in [-0.15, -0.1) is 0 Å². The summed E-state index contributed by atoms with van der Waals surface area (Å²) >= 11 is 5.90. The predicted octanol–water partition coefficient (Wildman–Crippen LogP) is 1.74. The van der Waals surface area contributed by atoms with Gasteiger partial charge in [-0.1, -0.05) is 11.6 Å². The molecule has 1 aromatic carbocycles. The number of benzene rings is 1. The topological polar surface area (TPSA) is 62.5 Å². The number of hydrogen-bond acceptors (Lipinski definition) is 4. The van der Waals surface area contributed by atoms with Crippen molar-refractivity contribution in [1.82, 2.24) is 0 Å². The van der Waals surface area contributed by atoms with Crippen molar-refractivity contribution in [2.75, 3.05) is 13.7 Å². The number of methoxy groups -OCH3 is 1. The van der Waals surface area contributed by atoms with Crippen LogP contribution in [0.4, 0.5) is 0 Å². The lowest BCUT2D eigenvalue weighted by Gasteiger charge is -2.11. The first-order valence-corrected chi connectivity index (χ1v) is 4.57. The maximum atomic E-state index is 8.94. The largest absolute Gasteiger partial charge is 0.493 e. The van der Waals surface area contributed by atoms with Gasteiger partial charge < -0.3 is 14.6 Å². The third-order valence-electron chi connectivity index (χ3n) is 1.75. The highest BCUT2D eigenvalue weighted by molar-refractivity contribution is 6.32. The molecule has 0 aliphatic rings. The third kappa shape index (κ3) is 2.75. The van der Waals surface area contributed by atoms with Crippen molar-refractivity contribution in [1.29, 1.82) is 5.26 Å². The molecular weight excluding hydrogens is 218 g/mol. The van der Waals surface area contributed by atoms with Crippen LogP contribution in [0.25, 0.3) is 0 Å². The predicted molar refractivity (Wildman–Crippen MR) is 55.0 cm³/mol. The molecule has 1 aromatic rings. The van der Waals surface area contributed by atoms with Crippen LogP contribution in [0.2, 0.25) is 5.02 Å². The van der Waals surface area contributed by atoms with E-state index in [2.05, 4.69) is 0 Å². The number of nitrogens with zero attached hydrogens (tertiary/aromatic N) is 1. The molecule has 0 unspecified atom stereocenters. The molecule has 0 saturated heterocycles. The summed E-state index contributed by atoms with van der Waals surface area (Å²) in [7, 11) is 1.46. The van der Waals surface area contributed by atoms with Gasteiger partial charge >= 0.3 is 0 Å². The number of rotatable bonds is 4. The number of hydrogen-bond donors (Lipinski definition) is 1. The molecule has 80 valence electrons. The van der Waals surface area contributed by atoms with Crippen LogP contribution in [-0.2, 0) is 6.61 Å². The summed E-state index contributed by atoms with van der Waals surface area (Å²) in [6.45, 7) is -0.233. The lowest BCUT2D eigenvalue weighted by molar-refractivity contribution is 0.279. The Hall–Kier alpha value is -1.44. The van der Waals surface area contributed by atoms with Crippen molar-refractivity contribution in [3.05, 3.63) is 22.7 Å². The molecule has 0 aliphatic carbocycles. The SMILES string of the molecule is COc1cc(CO)cc(Cl)c1OCC#N. The van der Waals surface area contributed by atoms with Gasteiger partial charge in [-0.25, -0.2) is 0 Å². The van der Waals surface area contributed by atoms with E-state index < -0.39 is 0 Å². The van der Waals surface area contributed by atoms with E-state index in [0.717, 1.165) is 0 Å². The smallest absolute Gasteiger partial charge is 0.181 e. The van der Waals surface area contributed by atoms with Crippen LogP contribution in [-0.4, -0.2) is 18.8 Å². The van der Waals surface area contributed by atoms with Crippen molar-refractivity contribution in [2.24, 2.45) is 0 Å². The van der Waals surface area contributed by atoms with Gasteiger partial charge in [0.05, 0.1) is 18.7 Å². The average molecular weight is 228 g/mol. The molecule has 0 spiro atoms. The highest BCUT2D eigenvalue weighted by Gasteiger charge is 2.11. The fourth-order valence-corrected chi connectivity index (χ4v) is 1.40. The fraction of sp³-hybridized carbons (Fsp3) is 0.300. The zero-order valence-corrected chi connectivity index (χ0v) is 8.91. The minimum atomic E-state index is -0.130. The molecule has 0 aliphatic heterocycles.